The number of aryl methyl sites for hydroxylation is 1. The normalized spacial score (nSPS) is 12.1. The standard InChI is InChI=1S/C18H23N7O5S/c19-18(21-9-4-6-14-12-20-13-23-14)22-10-5-11-29-16-17(25(26)30-24-16)31(27,28)15-7-2-1-3-8-15/h1-3,7-8,12-13H,4-6,9-11H2,(H,20,23)(H3,19,21,22). The molecule has 0 bridgehead atoms. The van der Waals surface area contributed by atoms with Gasteiger partial charge in [-0.3, -0.25) is 9.62 Å². The molecule has 2 heterocycles. The fourth-order valence-corrected chi connectivity index (χ4v) is 3.94. The van der Waals surface area contributed by atoms with Crippen LogP contribution in [0.25, 0.3) is 0 Å². The van der Waals surface area contributed by atoms with Crippen LogP contribution in [0, 0.1) is 5.21 Å². The average Bonchev–Trinajstić information content (AvgIpc) is 3.41. The van der Waals surface area contributed by atoms with Crippen LogP contribution in [0.5, 0.6) is 5.88 Å². The number of nitrogens with zero attached hydrogens (tertiary/aromatic N) is 4. The van der Waals surface area contributed by atoms with E-state index in [0.29, 0.717) is 25.5 Å². The Labute approximate surface area is 178 Å². The van der Waals surface area contributed by atoms with Gasteiger partial charge in [-0.2, -0.15) is 0 Å². The number of nitrogens with one attached hydrogen (secondary N) is 2. The van der Waals surface area contributed by atoms with E-state index in [2.05, 4.69) is 30.1 Å². The second-order valence-corrected chi connectivity index (χ2v) is 8.30. The second kappa shape index (κ2) is 10.4. The summed E-state index contributed by atoms with van der Waals surface area (Å²) < 4.78 is 35.1. The quantitative estimate of drug-likeness (QED) is 0.159. The third kappa shape index (κ3) is 5.94. The van der Waals surface area contributed by atoms with E-state index in [9.17, 15) is 13.6 Å². The largest absolute Gasteiger partial charge is 0.454 e. The molecule has 0 aliphatic heterocycles. The van der Waals surface area contributed by atoms with Crippen molar-refractivity contribution in [1.82, 2.24) is 20.4 Å². The zero-order valence-electron chi connectivity index (χ0n) is 16.6. The third-order valence-electron chi connectivity index (χ3n) is 4.16. The lowest BCUT2D eigenvalue weighted by Gasteiger charge is -2.05. The van der Waals surface area contributed by atoms with E-state index in [1.807, 2.05) is 0 Å². The Morgan fingerprint density at radius 3 is 2.87 bits per heavy atom. The van der Waals surface area contributed by atoms with Crippen molar-refractivity contribution in [3.05, 3.63) is 53.8 Å². The molecule has 0 spiro atoms. The molecule has 13 heteroatoms. The minimum atomic E-state index is -4.14. The molecule has 2 aromatic heterocycles. The molecule has 166 valence electrons. The van der Waals surface area contributed by atoms with Crippen molar-refractivity contribution in [3.8, 4) is 5.88 Å². The molecule has 4 N–H and O–H groups in total. The van der Waals surface area contributed by atoms with Crippen LogP contribution in [0.2, 0.25) is 0 Å². The van der Waals surface area contributed by atoms with E-state index in [4.69, 9.17) is 10.5 Å². The number of aromatic amines is 1. The van der Waals surface area contributed by atoms with Gasteiger partial charge < -0.3 is 26.0 Å². The number of aromatic nitrogens is 4. The first-order valence-corrected chi connectivity index (χ1v) is 11.0. The molecule has 0 saturated carbocycles. The van der Waals surface area contributed by atoms with Gasteiger partial charge in [0, 0.05) is 31.4 Å². The Hall–Kier alpha value is -3.61. The summed E-state index contributed by atoms with van der Waals surface area (Å²) in [6.45, 7) is 1.07. The van der Waals surface area contributed by atoms with Crippen LogP contribution in [0.3, 0.4) is 0 Å². The minimum absolute atomic E-state index is 0.0661. The number of hydrogen-bond donors (Lipinski definition) is 3. The molecule has 0 aliphatic carbocycles. The summed E-state index contributed by atoms with van der Waals surface area (Å²) in [4.78, 5) is 10.9. The smallest absolute Gasteiger partial charge is 0.414 e. The van der Waals surface area contributed by atoms with Crippen LogP contribution in [0.1, 0.15) is 18.5 Å². The number of guanidine groups is 1. The number of nitrogens with two attached hydrogens (primary N) is 1. The Morgan fingerprint density at radius 2 is 2.13 bits per heavy atom. The maximum absolute atomic E-state index is 12.7. The molecule has 0 saturated heterocycles. The fourth-order valence-electron chi connectivity index (χ4n) is 2.65. The molecule has 0 atom stereocenters. The molecule has 0 amide bonds. The molecular formula is C18H23N7O5S. The van der Waals surface area contributed by atoms with E-state index < -0.39 is 20.7 Å². The van der Waals surface area contributed by atoms with E-state index >= 15 is 0 Å². The number of ether oxygens (including phenoxy) is 1. The van der Waals surface area contributed by atoms with Crippen LogP contribution in [-0.2, 0) is 16.3 Å². The molecule has 0 aliphatic rings. The molecule has 0 fully saturated rings. The van der Waals surface area contributed by atoms with Crippen molar-refractivity contribution in [2.75, 3.05) is 19.7 Å². The highest BCUT2D eigenvalue weighted by molar-refractivity contribution is 7.91. The van der Waals surface area contributed by atoms with Gasteiger partial charge in [0.15, 0.2) is 5.96 Å². The predicted molar refractivity (Wildman–Crippen MR) is 109 cm³/mol. The van der Waals surface area contributed by atoms with Gasteiger partial charge in [-0.05, 0) is 29.9 Å². The van der Waals surface area contributed by atoms with Crippen LogP contribution in [0.15, 0.2) is 62.4 Å². The van der Waals surface area contributed by atoms with Crippen molar-refractivity contribution in [2.45, 2.75) is 29.2 Å². The Bertz CT molecular complexity index is 1080. The van der Waals surface area contributed by atoms with Crippen molar-refractivity contribution in [3.63, 3.8) is 0 Å². The lowest BCUT2D eigenvalue weighted by atomic mass is 10.2. The zero-order valence-corrected chi connectivity index (χ0v) is 17.4. The topological polar surface area (TPSA) is 175 Å². The maximum Gasteiger partial charge on any atom is 0.414 e. The number of imidazole rings is 1. The van der Waals surface area contributed by atoms with Crippen molar-refractivity contribution < 1.29 is 22.7 Å². The average molecular weight is 449 g/mol. The van der Waals surface area contributed by atoms with E-state index in [-0.39, 0.29) is 16.4 Å². The highest BCUT2D eigenvalue weighted by Crippen LogP contribution is 2.24. The first-order chi connectivity index (χ1) is 15.0. The molecule has 0 unspecified atom stereocenters. The number of aliphatic imine (C=N–C) groups is 1. The number of hydrogen-bond acceptors (Lipinski definition) is 8. The number of H-pyrrole nitrogens is 1. The predicted octanol–water partition coefficient (Wildman–Crippen LogP) is 0.170. The van der Waals surface area contributed by atoms with E-state index in [1.54, 1.807) is 30.7 Å². The summed E-state index contributed by atoms with van der Waals surface area (Å²) in [5.74, 6) is -0.0940. The summed E-state index contributed by atoms with van der Waals surface area (Å²) in [5.41, 5.74) is 6.85. The zero-order chi connectivity index (χ0) is 22.1. The van der Waals surface area contributed by atoms with Crippen LogP contribution >= 0.6 is 0 Å². The molecule has 3 aromatic rings. The second-order valence-electron chi connectivity index (χ2n) is 6.43. The molecule has 0 radical (unpaired) electrons. The van der Waals surface area contributed by atoms with Gasteiger partial charge in [0.25, 0.3) is 9.84 Å². The SMILES string of the molecule is NC(=NCCCOc1no[n+]([O-])c1S(=O)(=O)c1ccccc1)NCCCc1cnc[nH]1. The number of sulfone groups is 1. The van der Waals surface area contributed by atoms with Gasteiger partial charge in [0.2, 0.25) is 0 Å². The number of benzene rings is 1. The van der Waals surface area contributed by atoms with Gasteiger partial charge in [-0.15, -0.1) is 0 Å². The van der Waals surface area contributed by atoms with Crippen molar-refractivity contribution in [1.29, 1.82) is 0 Å². The first-order valence-electron chi connectivity index (χ1n) is 9.52. The monoisotopic (exact) mass is 449 g/mol. The van der Waals surface area contributed by atoms with Crippen LogP contribution in [0.4, 0.5) is 0 Å². The fraction of sp³-hybridized carbons (Fsp3) is 0.333. The van der Waals surface area contributed by atoms with Gasteiger partial charge in [-0.1, -0.05) is 18.2 Å². The van der Waals surface area contributed by atoms with E-state index in [1.165, 1.54) is 12.1 Å². The molecule has 3 rings (SSSR count). The van der Waals surface area contributed by atoms with Gasteiger partial charge in [0.05, 0.1) is 23.0 Å². The van der Waals surface area contributed by atoms with Crippen LogP contribution in [-0.4, -0.2) is 49.2 Å². The maximum atomic E-state index is 12.7. The summed E-state index contributed by atoms with van der Waals surface area (Å²) >= 11 is 0. The molecule has 1 aromatic carbocycles. The molecule has 31 heavy (non-hydrogen) atoms. The summed E-state index contributed by atoms with van der Waals surface area (Å²) in [6, 6.07) is 7.49. The van der Waals surface area contributed by atoms with Crippen molar-refractivity contribution in [2.24, 2.45) is 10.7 Å². The molecule has 12 nitrogen and oxygen atoms in total. The molecular weight excluding hydrogens is 426 g/mol. The third-order valence-corrected chi connectivity index (χ3v) is 5.89. The lowest BCUT2D eigenvalue weighted by molar-refractivity contribution is -0.832. The van der Waals surface area contributed by atoms with Gasteiger partial charge in [-0.25, -0.2) is 13.4 Å². The summed E-state index contributed by atoms with van der Waals surface area (Å²) in [5, 5.41) is 17.5. The minimum Gasteiger partial charge on any atom is -0.454 e. The summed E-state index contributed by atoms with van der Waals surface area (Å²) in [6.07, 6.45) is 5.54. The first kappa shape index (κ1) is 22.1. The lowest BCUT2D eigenvalue weighted by Crippen LogP contribution is -2.32. The Balaban J connectivity index is 1.44. The highest BCUT2D eigenvalue weighted by atomic mass is 32.2. The number of rotatable bonds is 11. The van der Waals surface area contributed by atoms with Crippen molar-refractivity contribution >= 4 is 15.8 Å². The van der Waals surface area contributed by atoms with Gasteiger partial charge in [0.1, 0.15) is 0 Å². The highest BCUT2D eigenvalue weighted by Gasteiger charge is 2.35. The Morgan fingerprint density at radius 1 is 1.32 bits per heavy atom. The summed E-state index contributed by atoms with van der Waals surface area (Å²) in [7, 11) is -4.14. The Kier molecular flexibility index (Phi) is 7.43. The van der Waals surface area contributed by atoms with Crippen LogP contribution < -0.4 is 20.7 Å². The van der Waals surface area contributed by atoms with Gasteiger partial charge >= 0.3 is 10.9 Å². The van der Waals surface area contributed by atoms with E-state index in [0.717, 1.165) is 18.5 Å².